The Morgan fingerprint density at radius 1 is 1.27 bits per heavy atom. The maximum atomic E-state index is 11.5. The molecule has 30 heavy (non-hydrogen) atoms. The Hall–Kier alpha value is -3.01. The van der Waals surface area contributed by atoms with Gasteiger partial charge in [0.15, 0.2) is 5.69 Å². The molecule has 1 amide bonds. The average Bonchev–Trinajstić information content (AvgIpc) is 3.51. The highest BCUT2D eigenvalue weighted by Crippen LogP contribution is 2.36. The Labute approximate surface area is 178 Å². The number of amides is 1. The lowest BCUT2D eigenvalue weighted by Gasteiger charge is -2.31. The molecule has 0 spiro atoms. The van der Waals surface area contributed by atoms with Gasteiger partial charge in [0.05, 0.1) is 12.3 Å². The minimum absolute atomic E-state index is 0.0859. The Balaban J connectivity index is 1.40. The number of carbonyl (C=O) groups excluding carboxylic acids is 1. The third kappa shape index (κ3) is 4.43. The van der Waals surface area contributed by atoms with E-state index in [-0.39, 0.29) is 34.5 Å². The number of nitrogens with one attached hydrogen (secondary N) is 1. The van der Waals surface area contributed by atoms with Crippen molar-refractivity contribution < 1.29 is 9.53 Å². The highest BCUT2D eigenvalue weighted by molar-refractivity contribution is 6.28. The van der Waals surface area contributed by atoms with Crippen LogP contribution in [0.25, 0.3) is 0 Å². The van der Waals surface area contributed by atoms with Crippen LogP contribution in [-0.2, 0) is 0 Å². The summed E-state index contributed by atoms with van der Waals surface area (Å²) in [4.78, 5) is 30.6. The zero-order valence-corrected chi connectivity index (χ0v) is 17.0. The highest BCUT2D eigenvalue weighted by Gasteiger charge is 2.36. The largest absolute Gasteiger partial charge is 0.463 e. The Morgan fingerprint density at radius 2 is 2.03 bits per heavy atom. The van der Waals surface area contributed by atoms with Crippen LogP contribution in [0.5, 0.6) is 6.01 Å². The molecule has 11 heteroatoms. The number of anilines is 2. The quantitative estimate of drug-likeness (QED) is 0.559. The third-order valence-electron chi connectivity index (χ3n) is 5.57. The first-order chi connectivity index (χ1) is 14.4. The van der Waals surface area contributed by atoms with Crippen molar-refractivity contribution in [3.8, 4) is 6.01 Å². The molecule has 2 aromatic rings. The zero-order valence-electron chi connectivity index (χ0n) is 16.3. The second kappa shape index (κ2) is 8.39. The summed E-state index contributed by atoms with van der Waals surface area (Å²) >= 11 is 6.07. The van der Waals surface area contributed by atoms with Crippen LogP contribution in [0.1, 0.15) is 41.4 Å². The van der Waals surface area contributed by atoms with Gasteiger partial charge in [0.2, 0.25) is 11.2 Å². The minimum Gasteiger partial charge on any atom is -0.463 e. The summed E-state index contributed by atoms with van der Waals surface area (Å²) in [6.07, 6.45) is 4.01. The van der Waals surface area contributed by atoms with Crippen LogP contribution < -0.4 is 21.1 Å². The molecule has 2 fully saturated rings. The number of hydrogen-bond donors (Lipinski definition) is 3. The topological polar surface area (TPSA) is 157 Å². The van der Waals surface area contributed by atoms with Crippen molar-refractivity contribution in [1.82, 2.24) is 19.9 Å². The first-order valence-corrected chi connectivity index (χ1v) is 10.2. The molecule has 0 radical (unpaired) electrons. The van der Waals surface area contributed by atoms with Gasteiger partial charge >= 0.3 is 6.01 Å². The van der Waals surface area contributed by atoms with Crippen LogP contribution in [0.15, 0.2) is 12.1 Å². The Morgan fingerprint density at radius 3 is 2.70 bits per heavy atom. The average molecular weight is 431 g/mol. The van der Waals surface area contributed by atoms with Crippen LogP contribution in [0.2, 0.25) is 5.28 Å². The molecule has 1 saturated carbocycles. The number of ether oxygens (including phenoxy) is 1. The first kappa shape index (κ1) is 20.3. The van der Waals surface area contributed by atoms with Gasteiger partial charge in [0.25, 0.3) is 5.91 Å². The molecule has 4 rings (SSSR count). The number of rotatable bonds is 7. The fraction of sp³-hybridized carbons (Fsp3) is 0.474. The summed E-state index contributed by atoms with van der Waals surface area (Å²) in [6, 6.07) is 3.72. The molecular formula is C19H23ClN8O2. The Bertz CT molecular complexity index is 964. The second-order valence-electron chi connectivity index (χ2n) is 7.62. The van der Waals surface area contributed by atoms with Gasteiger partial charge in [-0.05, 0) is 49.2 Å². The molecule has 1 aliphatic carbocycles. The van der Waals surface area contributed by atoms with Crippen molar-refractivity contribution in [1.29, 1.82) is 5.41 Å². The number of hydrogen-bond acceptors (Lipinski definition) is 9. The summed E-state index contributed by atoms with van der Waals surface area (Å²) in [5.74, 6) is 0.664. The number of aromatic nitrogens is 4. The van der Waals surface area contributed by atoms with Gasteiger partial charge in [-0.15, -0.1) is 0 Å². The van der Waals surface area contributed by atoms with Gasteiger partial charge in [-0.25, -0.2) is 4.98 Å². The van der Waals surface area contributed by atoms with E-state index in [1.807, 2.05) is 11.0 Å². The molecule has 0 aromatic carbocycles. The van der Waals surface area contributed by atoms with Crippen LogP contribution in [-0.4, -0.2) is 51.8 Å². The van der Waals surface area contributed by atoms with E-state index in [1.54, 1.807) is 6.07 Å². The molecule has 2 atom stereocenters. The monoisotopic (exact) mass is 430 g/mol. The van der Waals surface area contributed by atoms with Gasteiger partial charge in [-0.2, -0.15) is 15.0 Å². The van der Waals surface area contributed by atoms with Crippen molar-refractivity contribution in [2.75, 3.05) is 30.3 Å². The number of pyridine rings is 1. The van der Waals surface area contributed by atoms with Gasteiger partial charge in [0, 0.05) is 36.5 Å². The molecule has 2 aromatic heterocycles. The maximum Gasteiger partial charge on any atom is 0.322 e. The van der Waals surface area contributed by atoms with E-state index in [2.05, 4.69) is 19.9 Å². The first-order valence-electron chi connectivity index (χ1n) is 9.80. The lowest BCUT2D eigenvalue weighted by molar-refractivity contribution is 0.0996. The molecule has 10 nitrogen and oxygen atoms in total. The molecular weight excluding hydrogens is 408 g/mol. The molecule has 1 saturated heterocycles. The minimum atomic E-state index is -0.628. The predicted octanol–water partition coefficient (Wildman–Crippen LogP) is 1.65. The summed E-state index contributed by atoms with van der Waals surface area (Å²) in [5, 5.41) is 7.36. The number of nitrogens with zero attached hydrogens (tertiary/aromatic N) is 5. The SMILES string of the molecule is N=C[C@@H]1C[C@@H]1COc1nc(Cl)nc(N2CCC(c3ccc(N)c(C(N)=O)n3)CC2)n1. The lowest BCUT2D eigenvalue weighted by atomic mass is 9.93. The zero-order chi connectivity index (χ0) is 21.3. The van der Waals surface area contributed by atoms with E-state index < -0.39 is 5.91 Å². The van der Waals surface area contributed by atoms with E-state index in [0.717, 1.165) is 25.0 Å². The molecule has 0 unspecified atom stereocenters. The molecule has 1 aliphatic heterocycles. The van der Waals surface area contributed by atoms with Gasteiger partial charge < -0.3 is 26.5 Å². The number of primary amides is 1. The van der Waals surface area contributed by atoms with Crippen molar-refractivity contribution in [2.24, 2.45) is 17.6 Å². The third-order valence-corrected chi connectivity index (χ3v) is 5.74. The van der Waals surface area contributed by atoms with Crippen molar-refractivity contribution in [3.63, 3.8) is 0 Å². The molecule has 3 heterocycles. The second-order valence-corrected chi connectivity index (χ2v) is 7.96. The van der Waals surface area contributed by atoms with Crippen LogP contribution in [0, 0.1) is 17.2 Å². The van der Waals surface area contributed by atoms with Gasteiger partial charge in [0.1, 0.15) is 0 Å². The molecule has 5 N–H and O–H groups in total. The van der Waals surface area contributed by atoms with Gasteiger partial charge in [-0.3, -0.25) is 4.79 Å². The van der Waals surface area contributed by atoms with E-state index in [1.165, 1.54) is 6.21 Å². The van der Waals surface area contributed by atoms with Crippen LogP contribution >= 0.6 is 11.6 Å². The number of piperidine rings is 1. The summed E-state index contributed by atoms with van der Waals surface area (Å²) in [7, 11) is 0. The summed E-state index contributed by atoms with van der Waals surface area (Å²) in [5.41, 5.74) is 12.3. The fourth-order valence-electron chi connectivity index (χ4n) is 3.66. The Kier molecular flexibility index (Phi) is 5.67. The summed E-state index contributed by atoms with van der Waals surface area (Å²) < 4.78 is 5.67. The van der Waals surface area contributed by atoms with Crippen molar-refractivity contribution in [2.45, 2.75) is 25.2 Å². The number of halogens is 1. The summed E-state index contributed by atoms with van der Waals surface area (Å²) in [6.45, 7) is 1.86. The standard InChI is InChI=1S/C19H23ClN8O2/c20-17-25-18(27-19(26-17)30-9-12-7-11(12)8-21)28-5-3-10(4-6-28)14-2-1-13(22)15(24-14)16(23)29/h1-2,8,10-12,21H,3-7,9,22H2,(H2,23,29)/t11-,12+/m0/s1. The van der Waals surface area contributed by atoms with E-state index in [0.29, 0.717) is 31.6 Å². The molecule has 0 bridgehead atoms. The van der Waals surface area contributed by atoms with E-state index in [9.17, 15) is 4.79 Å². The van der Waals surface area contributed by atoms with Gasteiger partial charge in [-0.1, -0.05) is 0 Å². The highest BCUT2D eigenvalue weighted by atomic mass is 35.5. The number of nitrogens with two attached hydrogens (primary N) is 2. The normalized spacial score (nSPS) is 21.3. The molecule has 158 valence electrons. The van der Waals surface area contributed by atoms with Crippen molar-refractivity contribution in [3.05, 3.63) is 28.8 Å². The lowest BCUT2D eigenvalue weighted by Crippen LogP contribution is -2.34. The van der Waals surface area contributed by atoms with Crippen molar-refractivity contribution >= 4 is 35.4 Å². The number of nitrogen functional groups attached to an aromatic ring is 1. The number of carbonyl (C=O) groups is 1. The van der Waals surface area contributed by atoms with Crippen LogP contribution in [0.4, 0.5) is 11.6 Å². The smallest absolute Gasteiger partial charge is 0.322 e. The predicted molar refractivity (Wildman–Crippen MR) is 112 cm³/mol. The van der Waals surface area contributed by atoms with E-state index >= 15 is 0 Å². The van der Waals surface area contributed by atoms with Crippen LogP contribution in [0.3, 0.4) is 0 Å². The maximum absolute atomic E-state index is 11.5. The fourth-order valence-corrected chi connectivity index (χ4v) is 3.81. The molecule has 2 aliphatic rings. The van der Waals surface area contributed by atoms with E-state index in [4.69, 9.17) is 33.2 Å².